The first-order valence-corrected chi connectivity index (χ1v) is 10.1. The number of nitrogens with one attached hydrogen (secondary N) is 1. The molecule has 1 aromatic carbocycles. The van der Waals surface area contributed by atoms with Gasteiger partial charge >= 0.3 is 6.09 Å². The van der Waals surface area contributed by atoms with Crippen LogP contribution in [0, 0.1) is 0 Å². The molecule has 1 aromatic heterocycles. The van der Waals surface area contributed by atoms with Crippen molar-refractivity contribution < 1.29 is 14.3 Å². The summed E-state index contributed by atoms with van der Waals surface area (Å²) in [5.41, 5.74) is 1.00. The Kier molecular flexibility index (Phi) is 6.63. The summed E-state index contributed by atoms with van der Waals surface area (Å²) in [6.07, 6.45) is 1.25. The fraction of sp³-hybridized carbons (Fsp3) is 0.526. The molecule has 1 aliphatic heterocycles. The lowest BCUT2D eigenvalue weighted by atomic mass is 10.1. The van der Waals surface area contributed by atoms with Gasteiger partial charge in [0.2, 0.25) is 5.91 Å². The van der Waals surface area contributed by atoms with Gasteiger partial charge in [0, 0.05) is 19.1 Å². The van der Waals surface area contributed by atoms with Gasteiger partial charge in [-0.3, -0.25) is 9.69 Å². The van der Waals surface area contributed by atoms with Crippen LogP contribution < -0.4 is 5.32 Å². The minimum Gasteiger partial charge on any atom is -0.450 e. The van der Waals surface area contributed by atoms with Crippen molar-refractivity contribution in [3.63, 3.8) is 0 Å². The Morgan fingerprint density at radius 2 is 2.07 bits per heavy atom. The quantitative estimate of drug-likeness (QED) is 0.820. The van der Waals surface area contributed by atoms with E-state index in [-0.39, 0.29) is 18.0 Å². The van der Waals surface area contributed by atoms with E-state index in [4.69, 9.17) is 4.74 Å². The van der Waals surface area contributed by atoms with E-state index in [0.717, 1.165) is 23.4 Å². The third-order valence-corrected chi connectivity index (χ3v) is 5.56. The van der Waals surface area contributed by atoms with E-state index >= 15 is 0 Å². The summed E-state index contributed by atoms with van der Waals surface area (Å²) in [7, 11) is 1.93. The standard InChI is InChI=1S/C19H26N4O3S/c1-3-26-19(25)23-10-8-14(9-11-23)20-17(24)12-22(2)13-18-21-15-6-4-5-7-16(15)27-18/h4-7,14H,3,8-13H2,1-2H3,(H,20,24). The first-order chi connectivity index (χ1) is 13.0. The summed E-state index contributed by atoms with van der Waals surface area (Å²) in [4.78, 5) is 32.3. The maximum atomic E-state index is 12.3. The third kappa shape index (κ3) is 5.40. The maximum absolute atomic E-state index is 12.3. The largest absolute Gasteiger partial charge is 0.450 e. The van der Waals surface area contributed by atoms with Crippen molar-refractivity contribution in [2.75, 3.05) is 33.3 Å². The highest BCUT2D eigenvalue weighted by atomic mass is 32.1. The smallest absolute Gasteiger partial charge is 0.409 e. The molecule has 146 valence electrons. The van der Waals surface area contributed by atoms with Crippen LogP contribution in [-0.4, -0.2) is 66.1 Å². The molecule has 0 radical (unpaired) electrons. The first kappa shape index (κ1) is 19.6. The first-order valence-electron chi connectivity index (χ1n) is 9.29. The molecule has 0 aliphatic carbocycles. The van der Waals surface area contributed by atoms with Crippen LogP contribution in [0.3, 0.4) is 0 Å². The molecule has 0 spiro atoms. The molecular weight excluding hydrogens is 364 g/mol. The number of hydrogen-bond donors (Lipinski definition) is 1. The molecule has 0 atom stereocenters. The fourth-order valence-electron chi connectivity index (χ4n) is 3.21. The molecule has 7 nitrogen and oxygen atoms in total. The number of aromatic nitrogens is 1. The number of fused-ring (bicyclic) bond motifs is 1. The lowest BCUT2D eigenvalue weighted by Crippen LogP contribution is -2.48. The zero-order chi connectivity index (χ0) is 19.2. The van der Waals surface area contributed by atoms with Crippen LogP contribution in [0.2, 0.25) is 0 Å². The van der Waals surface area contributed by atoms with Gasteiger partial charge in [-0.2, -0.15) is 0 Å². The van der Waals surface area contributed by atoms with Crippen molar-refractivity contribution in [1.82, 2.24) is 20.1 Å². The van der Waals surface area contributed by atoms with Crippen LogP contribution in [0.4, 0.5) is 4.79 Å². The predicted octanol–water partition coefficient (Wildman–Crippen LogP) is 2.47. The molecule has 0 unspecified atom stereocenters. The number of benzene rings is 1. The van der Waals surface area contributed by atoms with Gasteiger partial charge in [-0.15, -0.1) is 11.3 Å². The number of carbonyl (C=O) groups is 2. The number of thiazole rings is 1. The Bertz CT molecular complexity index is 753. The normalized spacial score (nSPS) is 15.3. The van der Waals surface area contributed by atoms with Crippen molar-refractivity contribution in [1.29, 1.82) is 0 Å². The van der Waals surface area contributed by atoms with Gasteiger partial charge < -0.3 is 15.0 Å². The van der Waals surface area contributed by atoms with Crippen LogP contribution in [0.1, 0.15) is 24.8 Å². The second kappa shape index (κ2) is 9.14. The highest BCUT2D eigenvalue weighted by Crippen LogP contribution is 2.22. The van der Waals surface area contributed by atoms with Gasteiger partial charge in [0.05, 0.1) is 29.9 Å². The lowest BCUT2D eigenvalue weighted by molar-refractivity contribution is -0.123. The summed E-state index contributed by atoms with van der Waals surface area (Å²) >= 11 is 1.66. The van der Waals surface area contributed by atoms with Gasteiger partial charge in [-0.25, -0.2) is 9.78 Å². The maximum Gasteiger partial charge on any atom is 0.409 e. The van der Waals surface area contributed by atoms with Crippen LogP contribution in [0.5, 0.6) is 0 Å². The zero-order valence-electron chi connectivity index (χ0n) is 15.8. The number of likely N-dealkylation sites (tertiary alicyclic amines) is 1. The monoisotopic (exact) mass is 390 g/mol. The molecule has 1 fully saturated rings. The molecule has 27 heavy (non-hydrogen) atoms. The number of para-hydroxylation sites is 1. The predicted molar refractivity (Wildman–Crippen MR) is 106 cm³/mol. The molecule has 1 saturated heterocycles. The van der Waals surface area contributed by atoms with Gasteiger partial charge in [-0.1, -0.05) is 12.1 Å². The molecule has 0 bridgehead atoms. The average Bonchev–Trinajstić information content (AvgIpc) is 3.04. The van der Waals surface area contributed by atoms with Crippen molar-refractivity contribution >= 4 is 33.6 Å². The molecule has 1 N–H and O–H groups in total. The lowest BCUT2D eigenvalue weighted by Gasteiger charge is -2.31. The van der Waals surface area contributed by atoms with Crippen molar-refractivity contribution in [3.05, 3.63) is 29.3 Å². The molecule has 3 rings (SSSR count). The number of likely N-dealkylation sites (N-methyl/N-ethyl adjacent to an activating group) is 1. The van der Waals surface area contributed by atoms with Crippen molar-refractivity contribution in [2.45, 2.75) is 32.4 Å². The Labute approximate surface area is 163 Å². The number of carbonyl (C=O) groups excluding carboxylic acids is 2. The SMILES string of the molecule is CCOC(=O)N1CCC(NC(=O)CN(C)Cc2nc3ccccc3s2)CC1. The number of amides is 2. The molecule has 2 heterocycles. The van der Waals surface area contributed by atoms with Gasteiger partial charge in [0.15, 0.2) is 0 Å². The number of rotatable bonds is 6. The third-order valence-electron chi connectivity index (χ3n) is 4.54. The minimum atomic E-state index is -0.266. The summed E-state index contributed by atoms with van der Waals surface area (Å²) in [6, 6.07) is 8.17. The van der Waals surface area contributed by atoms with Crippen LogP contribution in [0.25, 0.3) is 10.2 Å². The molecule has 8 heteroatoms. The summed E-state index contributed by atoms with van der Waals surface area (Å²) in [5, 5.41) is 4.09. The highest BCUT2D eigenvalue weighted by molar-refractivity contribution is 7.18. The van der Waals surface area contributed by atoms with E-state index < -0.39 is 0 Å². The van der Waals surface area contributed by atoms with Crippen LogP contribution >= 0.6 is 11.3 Å². The second-order valence-electron chi connectivity index (χ2n) is 6.78. The van der Waals surface area contributed by atoms with E-state index in [1.165, 1.54) is 4.70 Å². The summed E-state index contributed by atoms with van der Waals surface area (Å²) < 4.78 is 6.18. The Balaban J connectivity index is 1.42. The van der Waals surface area contributed by atoms with Gasteiger partial charge in [0.25, 0.3) is 0 Å². The Hall–Kier alpha value is -2.19. The van der Waals surface area contributed by atoms with Crippen LogP contribution in [0.15, 0.2) is 24.3 Å². The summed E-state index contributed by atoms with van der Waals surface area (Å²) in [6.45, 7) is 4.39. The Morgan fingerprint density at radius 1 is 1.33 bits per heavy atom. The van der Waals surface area contributed by atoms with E-state index in [1.807, 2.05) is 30.1 Å². The van der Waals surface area contributed by atoms with E-state index in [2.05, 4.69) is 16.4 Å². The van der Waals surface area contributed by atoms with Gasteiger partial charge in [0.1, 0.15) is 5.01 Å². The van der Waals surface area contributed by atoms with E-state index in [1.54, 1.807) is 23.2 Å². The molecule has 2 amide bonds. The van der Waals surface area contributed by atoms with E-state index in [0.29, 0.717) is 32.8 Å². The van der Waals surface area contributed by atoms with Crippen molar-refractivity contribution in [2.24, 2.45) is 0 Å². The number of hydrogen-bond acceptors (Lipinski definition) is 6. The Morgan fingerprint density at radius 3 is 2.78 bits per heavy atom. The average molecular weight is 391 g/mol. The van der Waals surface area contributed by atoms with E-state index in [9.17, 15) is 9.59 Å². The molecule has 2 aromatic rings. The molecular formula is C19H26N4O3S. The van der Waals surface area contributed by atoms with Crippen molar-refractivity contribution in [3.8, 4) is 0 Å². The second-order valence-corrected chi connectivity index (χ2v) is 7.89. The topological polar surface area (TPSA) is 74.8 Å². The zero-order valence-corrected chi connectivity index (χ0v) is 16.6. The fourth-order valence-corrected chi connectivity index (χ4v) is 4.26. The summed E-state index contributed by atoms with van der Waals surface area (Å²) in [5.74, 6) is 0.00759. The highest BCUT2D eigenvalue weighted by Gasteiger charge is 2.24. The number of nitrogens with zero attached hydrogens (tertiary/aromatic N) is 3. The van der Waals surface area contributed by atoms with Crippen LogP contribution in [-0.2, 0) is 16.1 Å². The molecule has 0 saturated carbocycles. The molecule has 1 aliphatic rings. The number of piperidine rings is 1. The van der Waals surface area contributed by atoms with Gasteiger partial charge in [-0.05, 0) is 38.9 Å². The number of ether oxygens (including phenoxy) is 1. The minimum absolute atomic E-state index is 0.00759.